The fourth-order valence-electron chi connectivity index (χ4n) is 2.29. The van der Waals surface area contributed by atoms with Crippen LogP contribution in [0.5, 0.6) is 0 Å². The smallest absolute Gasteiger partial charge is 0.159 e. The molecule has 1 atom stereocenters. The van der Waals surface area contributed by atoms with E-state index < -0.39 is 33.3 Å². The molecule has 0 aliphatic rings. The SMILES string of the molecule is O=S(=O)(Cc1nc2ccccc2s1)C[C@H](O)c1ccc(F)c(F)c1. The summed E-state index contributed by atoms with van der Waals surface area (Å²) in [5.41, 5.74) is 0.732. The quantitative estimate of drug-likeness (QED) is 0.750. The number of hydrogen-bond acceptors (Lipinski definition) is 5. The molecule has 0 radical (unpaired) electrons. The zero-order valence-corrected chi connectivity index (χ0v) is 13.9. The molecule has 3 aromatic rings. The van der Waals surface area contributed by atoms with Crippen LogP contribution in [0.25, 0.3) is 10.2 Å². The van der Waals surface area contributed by atoms with Gasteiger partial charge in [-0.3, -0.25) is 0 Å². The number of rotatable bonds is 5. The summed E-state index contributed by atoms with van der Waals surface area (Å²) in [4.78, 5) is 4.25. The normalized spacial score (nSPS) is 13.3. The van der Waals surface area contributed by atoms with Gasteiger partial charge in [0.15, 0.2) is 21.5 Å². The standard InChI is InChI=1S/C16H13F2NO3S2/c17-11-6-5-10(7-12(11)18)14(20)8-24(21,22)9-16-19-13-3-1-2-4-15(13)23-16/h1-7,14,20H,8-9H2/t14-/m0/s1. The third kappa shape index (κ3) is 3.77. The maximum Gasteiger partial charge on any atom is 0.159 e. The first-order valence-corrected chi connectivity index (χ1v) is 9.66. The fraction of sp³-hybridized carbons (Fsp3) is 0.188. The van der Waals surface area contributed by atoms with E-state index in [9.17, 15) is 22.3 Å². The van der Waals surface area contributed by atoms with Crippen molar-refractivity contribution in [3.63, 3.8) is 0 Å². The minimum absolute atomic E-state index is 0.0155. The summed E-state index contributed by atoms with van der Waals surface area (Å²) in [5, 5.41) is 10.4. The van der Waals surface area contributed by atoms with E-state index in [1.807, 2.05) is 18.2 Å². The van der Waals surface area contributed by atoms with Crippen molar-refractivity contribution in [2.75, 3.05) is 5.75 Å². The van der Waals surface area contributed by atoms with E-state index in [1.54, 1.807) is 6.07 Å². The first kappa shape index (κ1) is 16.9. The van der Waals surface area contributed by atoms with Crippen molar-refractivity contribution in [1.29, 1.82) is 0 Å². The van der Waals surface area contributed by atoms with Crippen LogP contribution in [0.15, 0.2) is 42.5 Å². The summed E-state index contributed by atoms with van der Waals surface area (Å²) < 4.78 is 51.5. The lowest BCUT2D eigenvalue weighted by molar-refractivity contribution is 0.201. The summed E-state index contributed by atoms with van der Waals surface area (Å²) in [6.45, 7) is 0. The molecular formula is C16H13F2NO3S2. The molecule has 0 saturated heterocycles. The summed E-state index contributed by atoms with van der Waals surface area (Å²) in [6, 6.07) is 10.1. The van der Waals surface area contributed by atoms with Crippen molar-refractivity contribution in [1.82, 2.24) is 4.98 Å². The molecule has 126 valence electrons. The van der Waals surface area contributed by atoms with Crippen molar-refractivity contribution in [2.45, 2.75) is 11.9 Å². The van der Waals surface area contributed by atoms with Gasteiger partial charge in [0.2, 0.25) is 0 Å². The highest BCUT2D eigenvalue weighted by Gasteiger charge is 2.22. The van der Waals surface area contributed by atoms with Crippen LogP contribution in [-0.4, -0.2) is 24.3 Å². The molecule has 4 nitrogen and oxygen atoms in total. The van der Waals surface area contributed by atoms with Crippen LogP contribution in [0.2, 0.25) is 0 Å². The van der Waals surface area contributed by atoms with Gasteiger partial charge in [0.1, 0.15) is 10.8 Å². The Kier molecular flexibility index (Phi) is 4.62. The van der Waals surface area contributed by atoms with Crippen molar-refractivity contribution in [3.8, 4) is 0 Å². The number of benzene rings is 2. The molecule has 1 aromatic heterocycles. The second-order valence-electron chi connectivity index (χ2n) is 5.32. The molecule has 0 fully saturated rings. The van der Waals surface area contributed by atoms with Gasteiger partial charge < -0.3 is 5.11 Å². The van der Waals surface area contributed by atoms with Crippen LogP contribution in [0, 0.1) is 11.6 Å². The third-order valence-electron chi connectivity index (χ3n) is 3.42. The van der Waals surface area contributed by atoms with E-state index >= 15 is 0 Å². The van der Waals surface area contributed by atoms with E-state index in [-0.39, 0.29) is 11.3 Å². The Labute approximate surface area is 141 Å². The van der Waals surface area contributed by atoms with Gasteiger partial charge in [-0.2, -0.15) is 0 Å². The average Bonchev–Trinajstić information content (AvgIpc) is 2.90. The zero-order valence-electron chi connectivity index (χ0n) is 12.3. The third-order valence-corrected chi connectivity index (χ3v) is 6.18. The number of aliphatic hydroxyl groups is 1. The molecule has 8 heteroatoms. The molecule has 24 heavy (non-hydrogen) atoms. The molecule has 0 aliphatic carbocycles. The molecule has 0 bridgehead atoms. The van der Waals surface area contributed by atoms with Gasteiger partial charge in [0.05, 0.1) is 22.1 Å². The van der Waals surface area contributed by atoms with Crippen LogP contribution >= 0.6 is 11.3 Å². The lowest BCUT2D eigenvalue weighted by atomic mass is 10.1. The van der Waals surface area contributed by atoms with E-state index in [1.165, 1.54) is 11.3 Å². The van der Waals surface area contributed by atoms with Crippen LogP contribution in [0.1, 0.15) is 16.7 Å². The van der Waals surface area contributed by atoms with Gasteiger partial charge in [-0.25, -0.2) is 22.2 Å². The van der Waals surface area contributed by atoms with Crippen LogP contribution in [0.3, 0.4) is 0 Å². The molecule has 0 aliphatic heterocycles. The Morgan fingerprint density at radius 1 is 1.12 bits per heavy atom. The second kappa shape index (κ2) is 6.54. The van der Waals surface area contributed by atoms with E-state index in [0.29, 0.717) is 10.5 Å². The van der Waals surface area contributed by atoms with Gasteiger partial charge >= 0.3 is 0 Å². The number of thiazole rings is 1. The van der Waals surface area contributed by atoms with E-state index in [0.717, 1.165) is 22.9 Å². The summed E-state index contributed by atoms with van der Waals surface area (Å²) in [6.07, 6.45) is -1.43. The van der Waals surface area contributed by atoms with E-state index in [4.69, 9.17) is 0 Å². The minimum Gasteiger partial charge on any atom is -0.387 e. The van der Waals surface area contributed by atoms with E-state index in [2.05, 4.69) is 4.98 Å². The molecule has 0 spiro atoms. The van der Waals surface area contributed by atoms with Crippen LogP contribution < -0.4 is 0 Å². The fourth-order valence-corrected chi connectivity index (χ4v) is 5.05. The number of aromatic nitrogens is 1. The minimum atomic E-state index is -3.67. The number of nitrogens with zero attached hydrogens (tertiary/aromatic N) is 1. The monoisotopic (exact) mass is 369 g/mol. The molecule has 1 heterocycles. The zero-order chi connectivity index (χ0) is 17.3. The highest BCUT2D eigenvalue weighted by Crippen LogP contribution is 2.25. The number of sulfone groups is 1. The Hall–Kier alpha value is -1.90. The molecule has 3 rings (SSSR count). The van der Waals surface area contributed by atoms with Gasteiger partial charge in [0.25, 0.3) is 0 Å². The molecule has 0 amide bonds. The Morgan fingerprint density at radius 3 is 2.58 bits per heavy atom. The predicted molar refractivity (Wildman–Crippen MR) is 88.4 cm³/mol. The van der Waals surface area contributed by atoms with Gasteiger partial charge in [-0.1, -0.05) is 18.2 Å². The first-order valence-electron chi connectivity index (χ1n) is 7.02. The second-order valence-corrected chi connectivity index (χ2v) is 8.54. The summed E-state index contributed by atoms with van der Waals surface area (Å²) in [5.74, 6) is -3.08. The first-order chi connectivity index (χ1) is 11.3. The Balaban J connectivity index is 1.76. The van der Waals surface area contributed by atoms with Crippen LogP contribution in [0.4, 0.5) is 8.78 Å². The van der Waals surface area contributed by atoms with Crippen molar-refractivity contribution in [3.05, 3.63) is 64.7 Å². The van der Waals surface area contributed by atoms with Crippen molar-refractivity contribution >= 4 is 31.4 Å². The molecule has 2 aromatic carbocycles. The van der Waals surface area contributed by atoms with Crippen molar-refractivity contribution in [2.24, 2.45) is 0 Å². The van der Waals surface area contributed by atoms with Gasteiger partial charge in [0, 0.05) is 0 Å². The number of hydrogen-bond donors (Lipinski definition) is 1. The van der Waals surface area contributed by atoms with Gasteiger partial charge in [-0.05, 0) is 29.8 Å². The molecule has 0 saturated carbocycles. The maximum absolute atomic E-state index is 13.2. The summed E-state index contributed by atoms with van der Waals surface area (Å²) in [7, 11) is -3.67. The number of para-hydroxylation sites is 1. The maximum atomic E-state index is 13.2. The number of halogens is 2. The topological polar surface area (TPSA) is 67.3 Å². The van der Waals surface area contributed by atoms with Crippen molar-refractivity contribution < 1.29 is 22.3 Å². The number of fused-ring (bicyclic) bond motifs is 1. The Morgan fingerprint density at radius 2 is 1.88 bits per heavy atom. The Bertz CT molecular complexity index is 953. The lowest BCUT2D eigenvalue weighted by Crippen LogP contribution is -2.16. The molecule has 0 unspecified atom stereocenters. The molecule has 1 N–H and O–H groups in total. The largest absolute Gasteiger partial charge is 0.387 e. The lowest BCUT2D eigenvalue weighted by Gasteiger charge is -2.11. The van der Waals surface area contributed by atoms with Gasteiger partial charge in [-0.15, -0.1) is 11.3 Å². The highest BCUT2D eigenvalue weighted by molar-refractivity contribution is 7.90. The predicted octanol–water partition coefficient (Wildman–Crippen LogP) is 3.22. The average molecular weight is 369 g/mol. The summed E-state index contributed by atoms with van der Waals surface area (Å²) >= 11 is 1.27. The molecular weight excluding hydrogens is 356 g/mol. The number of aliphatic hydroxyl groups excluding tert-OH is 1. The van der Waals surface area contributed by atoms with Crippen LogP contribution in [-0.2, 0) is 15.6 Å². The highest BCUT2D eigenvalue weighted by atomic mass is 32.2.